The first-order valence-electron chi connectivity index (χ1n) is 17.0. The summed E-state index contributed by atoms with van der Waals surface area (Å²) in [5.74, 6) is 0.996. The summed E-state index contributed by atoms with van der Waals surface area (Å²) in [6.07, 6.45) is 0.0670. The summed E-state index contributed by atoms with van der Waals surface area (Å²) in [5, 5.41) is 16.8. The van der Waals surface area contributed by atoms with Gasteiger partial charge in [0.1, 0.15) is 19.0 Å². The Morgan fingerprint density at radius 1 is 0.943 bits per heavy atom. The lowest BCUT2D eigenvalue weighted by atomic mass is 9.88. The molecular weight excluding hydrogens is 713 g/mol. The van der Waals surface area contributed by atoms with Gasteiger partial charge in [0.05, 0.1) is 34.8 Å². The van der Waals surface area contributed by atoms with Crippen LogP contribution in [-0.4, -0.2) is 31.6 Å². The van der Waals surface area contributed by atoms with Crippen molar-refractivity contribution in [1.82, 2.24) is 10.6 Å². The van der Waals surface area contributed by atoms with E-state index in [1.165, 1.54) is 7.11 Å². The molecule has 0 saturated carbocycles. The van der Waals surface area contributed by atoms with Crippen molar-refractivity contribution in [3.8, 4) is 34.4 Å². The van der Waals surface area contributed by atoms with E-state index >= 15 is 0 Å². The van der Waals surface area contributed by atoms with Crippen LogP contribution in [0.15, 0.2) is 103 Å². The molecular formula is C42H35Cl2N3O6. The highest BCUT2D eigenvalue weighted by Crippen LogP contribution is 2.40. The monoisotopic (exact) mass is 747 g/mol. The van der Waals surface area contributed by atoms with E-state index in [1.807, 2.05) is 72.8 Å². The first kappa shape index (κ1) is 35.9. The Hall–Kier alpha value is -5.53. The van der Waals surface area contributed by atoms with Crippen molar-refractivity contribution < 1.29 is 28.5 Å². The minimum atomic E-state index is -1.46. The van der Waals surface area contributed by atoms with Gasteiger partial charge in [-0.05, 0) is 94.8 Å². The van der Waals surface area contributed by atoms with Crippen LogP contribution in [0.5, 0.6) is 17.2 Å². The van der Waals surface area contributed by atoms with Crippen LogP contribution in [0.2, 0.25) is 10.0 Å². The van der Waals surface area contributed by atoms with Gasteiger partial charge in [-0.2, -0.15) is 5.26 Å². The Bertz CT molecular complexity index is 2220. The zero-order valence-electron chi connectivity index (χ0n) is 29.0. The normalized spacial score (nSPS) is 17.0. The third-order valence-electron chi connectivity index (χ3n) is 9.63. The number of carbonyl (C=O) groups is 2. The minimum Gasteiger partial charge on any atom is -0.489 e. The van der Waals surface area contributed by atoms with Crippen LogP contribution in [0.4, 0.5) is 0 Å². The largest absolute Gasteiger partial charge is 0.489 e. The molecule has 0 radical (unpaired) electrons. The van der Waals surface area contributed by atoms with Crippen LogP contribution < -0.4 is 24.8 Å². The fourth-order valence-electron chi connectivity index (χ4n) is 6.60. The van der Waals surface area contributed by atoms with E-state index < -0.39 is 17.6 Å². The molecule has 0 aliphatic carbocycles. The summed E-state index contributed by atoms with van der Waals surface area (Å²) in [7, 11) is 1.29. The predicted octanol–water partition coefficient (Wildman–Crippen LogP) is 7.84. The number of hydrogen-bond acceptors (Lipinski definition) is 8. The lowest BCUT2D eigenvalue weighted by Gasteiger charge is -2.33. The molecule has 268 valence electrons. The van der Waals surface area contributed by atoms with Gasteiger partial charge in [0.2, 0.25) is 5.91 Å². The average molecular weight is 749 g/mol. The lowest BCUT2D eigenvalue weighted by Crippen LogP contribution is -2.56. The molecule has 0 spiro atoms. The number of esters is 1. The van der Waals surface area contributed by atoms with Crippen LogP contribution >= 0.6 is 23.2 Å². The van der Waals surface area contributed by atoms with E-state index in [0.29, 0.717) is 64.6 Å². The van der Waals surface area contributed by atoms with Gasteiger partial charge < -0.3 is 29.6 Å². The number of nitriles is 1. The summed E-state index contributed by atoms with van der Waals surface area (Å²) in [4.78, 5) is 26.9. The SMILES string of the molecule is COC(=O)C(C)(NC(=O)C1Cc2cc3c(cc2CN1)O[C@@H](c1ccc(OCc2ccc(Cl)c(Cl)c2)cc1)CO3)c1ccc(-c2ccccc2C#N)cc1. The van der Waals surface area contributed by atoms with Crippen molar-refractivity contribution in [2.24, 2.45) is 0 Å². The number of benzene rings is 5. The van der Waals surface area contributed by atoms with Crippen LogP contribution in [0.3, 0.4) is 0 Å². The third-order valence-corrected chi connectivity index (χ3v) is 10.4. The first-order valence-corrected chi connectivity index (χ1v) is 17.8. The fraction of sp³-hybridized carbons (Fsp3) is 0.214. The molecule has 5 aromatic rings. The smallest absolute Gasteiger partial charge is 0.336 e. The van der Waals surface area contributed by atoms with E-state index in [1.54, 1.807) is 37.3 Å². The maximum Gasteiger partial charge on any atom is 0.336 e. The Labute approximate surface area is 317 Å². The molecule has 2 aliphatic rings. The fourth-order valence-corrected chi connectivity index (χ4v) is 6.92. The highest BCUT2D eigenvalue weighted by Gasteiger charge is 2.40. The number of carbonyl (C=O) groups excluding carboxylic acids is 2. The van der Waals surface area contributed by atoms with Crippen LogP contribution in [0.1, 0.15) is 46.4 Å². The van der Waals surface area contributed by atoms with Gasteiger partial charge in [0, 0.05) is 6.54 Å². The second kappa shape index (κ2) is 15.2. The number of nitrogens with one attached hydrogen (secondary N) is 2. The van der Waals surface area contributed by atoms with Crippen molar-refractivity contribution in [2.45, 2.75) is 44.2 Å². The average Bonchev–Trinajstić information content (AvgIpc) is 3.19. The quantitative estimate of drug-likeness (QED) is 0.147. The number of fused-ring (bicyclic) bond motifs is 2. The molecule has 0 aromatic heterocycles. The van der Waals surface area contributed by atoms with Gasteiger partial charge in [-0.1, -0.05) is 83.9 Å². The molecule has 1 amide bonds. The molecule has 0 bridgehead atoms. The molecule has 0 saturated heterocycles. The van der Waals surface area contributed by atoms with Crippen molar-refractivity contribution in [1.29, 1.82) is 5.26 Å². The summed E-state index contributed by atoms with van der Waals surface area (Å²) in [6.45, 7) is 2.72. The van der Waals surface area contributed by atoms with E-state index in [0.717, 1.165) is 33.4 Å². The summed E-state index contributed by atoms with van der Waals surface area (Å²) in [5.41, 5.74) is 5.03. The summed E-state index contributed by atoms with van der Waals surface area (Å²) >= 11 is 12.1. The van der Waals surface area contributed by atoms with Crippen LogP contribution in [0, 0.1) is 11.3 Å². The van der Waals surface area contributed by atoms with Gasteiger partial charge in [0.25, 0.3) is 0 Å². The maximum atomic E-state index is 13.7. The Morgan fingerprint density at radius 3 is 2.43 bits per heavy atom. The maximum absolute atomic E-state index is 13.7. The Kier molecular flexibility index (Phi) is 10.3. The summed E-state index contributed by atoms with van der Waals surface area (Å²) < 4.78 is 23.6. The zero-order valence-corrected chi connectivity index (χ0v) is 30.5. The summed E-state index contributed by atoms with van der Waals surface area (Å²) in [6, 6.07) is 33.1. The number of rotatable bonds is 9. The number of ether oxygens (including phenoxy) is 4. The number of hydrogen-bond donors (Lipinski definition) is 2. The number of halogens is 2. The Balaban J connectivity index is 0.999. The molecule has 2 heterocycles. The highest BCUT2D eigenvalue weighted by molar-refractivity contribution is 6.42. The van der Waals surface area contributed by atoms with Gasteiger partial charge in [-0.25, -0.2) is 4.79 Å². The molecule has 7 rings (SSSR count). The number of methoxy groups -OCH3 is 1. The molecule has 2 N–H and O–H groups in total. The standard InChI is InChI=1S/C42H35Cl2N3O6/c1-42(41(49)50-2,31-12-8-26(9-13-31)33-6-4-3-5-28(33)21-45)47-40(48)36-18-29-19-37-38(20-30(29)22-46-36)53-39(24-52-37)27-10-14-32(15-11-27)51-23-25-7-16-34(43)35(44)17-25/h3-17,19-20,36,39,46H,18,22-24H2,1-2H3,(H,47,48)/t36?,39-,42?/m1/s1. The molecule has 9 nitrogen and oxygen atoms in total. The van der Waals surface area contributed by atoms with Gasteiger partial charge in [-0.3, -0.25) is 4.79 Å². The van der Waals surface area contributed by atoms with Gasteiger partial charge in [-0.15, -0.1) is 0 Å². The van der Waals surface area contributed by atoms with Gasteiger partial charge >= 0.3 is 5.97 Å². The van der Waals surface area contributed by atoms with Gasteiger partial charge in [0.15, 0.2) is 23.1 Å². The van der Waals surface area contributed by atoms with Crippen molar-refractivity contribution in [3.63, 3.8) is 0 Å². The predicted molar refractivity (Wildman–Crippen MR) is 201 cm³/mol. The van der Waals surface area contributed by atoms with E-state index in [4.69, 9.17) is 42.1 Å². The number of nitrogens with zero attached hydrogens (tertiary/aromatic N) is 1. The highest BCUT2D eigenvalue weighted by atomic mass is 35.5. The topological polar surface area (TPSA) is 119 Å². The Morgan fingerprint density at radius 2 is 1.70 bits per heavy atom. The molecule has 3 atom stereocenters. The first-order chi connectivity index (χ1) is 25.6. The van der Waals surface area contributed by atoms with Crippen LogP contribution in [-0.2, 0) is 39.4 Å². The molecule has 0 fully saturated rings. The van der Waals surface area contributed by atoms with Crippen molar-refractivity contribution in [3.05, 3.63) is 147 Å². The molecule has 5 aromatic carbocycles. The molecule has 2 unspecified atom stereocenters. The zero-order chi connectivity index (χ0) is 37.1. The molecule has 11 heteroatoms. The second-order valence-electron chi connectivity index (χ2n) is 13.1. The minimum absolute atomic E-state index is 0.314. The van der Waals surface area contributed by atoms with E-state index in [2.05, 4.69) is 16.7 Å². The van der Waals surface area contributed by atoms with Crippen molar-refractivity contribution >= 4 is 35.1 Å². The second-order valence-corrected chi connectivity index (χ2v) is 13.9. The third kappa shape index (κ3) is 7.53. The number of amides is 1. The molecule has 2 aliphatic heterocycles. The van der Waals surface area contributed by atoms with E-state index in [-0.39, 0.29) is 12.0 Å². The lowest BCUT2D eigenvalue weighted by molar-refractivity contribution is -0.151. The molecule has 53 heavy (non-hydrogen) atoms. The van der Waals surface area contributed by atoms with Crippen LogP contribution in [0.25, 0.3) is 11.1 Å². The van der Waals surface area contributed by atoms with E-state index in [9.17, 15) is 14.9 Å². The van der Waals surface area contributed by atoms with Crippen molar-refractivity contribution in [2.75, 3.05) is 13.7 Å².